The van der Waals surface area contributed by atoms with Crippen molar-refractivity contribution in [2.45, 2.75) is 6.42 Å². The lowest BCUT2D eigenvalue weighted by Crippen LogP contribution is -2.48. The fourth-order valence-corrected chi connectivity index (χ4v) is 2.27. The van der Waals surface area contributed by atoms with E-state index in [1.807, 2.05) is 0 Å². The van der Waals surface area contributed by atoms with E-state index in [1.165, 1.54) is 0 Å². The van der Waals surface area contributed by atoms with E-state index in [0.29, 0.717) is 11.3 Å². The van der Waals surface area contributed by atoms with Crippen molar-refractivity contribution in [2.24, 2.45) is 11.3 Å². The molecular weight excluding hydrogens is 140 g/mol. The molecule has 1 atom stereocenters. The monoisotopic (exact) mass is 154 g/mol. The minimum absolute atomic E-state index is 0.234. The second-order valence-electron chi connectivity index (χ2n) is 3.91. The molecule has 62 valence electrons. The molecule has 1 aliphatic carbocycles. The number of nitrogens with zero attached hydrogens (tertiary/aromatic N) is 1. The van der Waals surface area contributed by atoms with E-state index >= 15 is 0 Å². The number of nitrogens with one attached hydrogen (secondary N) is 1. The van der Waals surface area contributed by atoms with Crippen molar-refractivity contribution < 1.29 is 4.79 Å². The lowest BCUT2D eigenvalue weighted by atomic mass is 9.94. The molecular formula is C8H14N2O. The van der Waals surface area contributed by atoms with Gasteiger partial charge in [0.1, 0.15) is 0 Å². The van der Waals surface area contributed by atoms with Crippen LogP contribution in [0, 0.1) is 11.3 Å². The molecule has 3 nitrogen and oxygen atoms in total. The Morgan fingerprint density at radius 2 is 2.27 bits per heavy atom. The second kappa shape index (κ2) is 1.97. The Labute approximate surface area is 66.8 Å². The van der Waals surface area contributed by atoms with Gasteiger partial charge in [-0.2, -0.15) is 0 Å². The molecule has 2 fully saturated rings. The number of rotatable bonds is 1. The second-order valence-corrected chi connectivity index (χ2v) is 3.91. The van der Waals surface area contributed by atoms with Gasteiger partial charge in [-0.3, -0.25) is 4.79 Å². The molecule has 2 rings (SSSR count). The molecule has 1 saturated heterocycles. The maximum Gasteiger partial charge on any atom is 0.223 e. The summed E-state index contributed by atoms with van der Waals surface area (Å²) in [4.78, 5) is 13.4. The summed E-state index contributed by atoms with van der Waals surface area (Å²) in [5.74, 6) is 0.557. The summed E-state index contributed by atoms with van der Waals surface area (Å²) in [5.41, 5.74) is 0.398. The van der Waals surface area contributed by atoms with Crippen LogP contribution in [0.1, 0.15) is 6.42 Å². The van der Waals surface area contributed by atoms with Crippen LogP contribution in [-0.2, 0) is 4.79 Å². The van der Waals surface area contributed by atoms with Crippen molar-refractivity contribution >= 4 is 5.91 Å². The van der Waals surface area contributed by atoms with Gasteiger partial charge in [-0.1, -0.05) is 0 Å². The Kier molecular flexibility index (Phi) is 1.27. The number of likely N-dealkylation sites (tertiary alicyclic amines) is 1. The van der Waals surface area contributed by atoms with E-state index in [4.69, 9.17) is 0 Å². The van der Waals surface area contributed by atoms with Crippen LogP contribution in [-0.4, -0.2) is 38.0 Å². The number of hydrogen-bond donors (Lipinski definition) is 1. The summed E-state index contributed by atoms with van der Waals surface area (Å²) in [7, 11) is 3.82. The summed E-state index contributed by atoms with van der Waals surface area (Å²) in [6.07, 6.45) is 1.11. The predicted molar refractivity (Wildman–Crippen MR) is 42.1 cm³/mol. The van der Waals surface area contributed by atoms with Crippen LogP contribution in [0.4, 0.5) is 0 Å². The fraction of sp³-hybridized carbons (Fsp3) is 0.875. The minimum Gasteiger partial charge on any atom is -0.359 e. The molecule has 1 amide bonds. The Morgan fingerprint density at radius 1 is 1.64 bits per heavy atom. The fourth-order valence-electron chi connectivity index (χ4n) is 2.27. The maximum atomic E-state index is 11.2. The molecule has 11 heavy (non-hydrogen) atoms. The molecule has 2 aliphatic rings. The van der Waals surface area contributed by atoms with E-state index in [2.05, 4.69) is 17.3 Å². The quantitative estimate of drug-likeness (QED) is 0.561. The van der Waals surface area contributed by atoms with Crippen molar-refractivity contribution in [3.63, 3.8) is 0 Å². The van der Waals surface area contributed by atoms with Gasteiger partial charge in [-0.05, 0) is 13.5 Å². The third-order valence-corrected chi connectivity index (χ3v) is 2.92. The van der Waals surface area contributed by atoms with Gasteiger partial charge in [-0.15, -0.1) is 0 Å². The highest BCUT2D eigenvalue weighted by Crippen LogP contribution is 2.58. The third-order valence-electron chi connectivity index (χ3n) is 2.92. The molecule has 1 N–H and O–H groups in total. The van der Waals surface area contributed by atoms with E-state index in [-0.39, 0.29) is 5.91 Å². The van der Waals surface area contributed by atoms with E-state index in [1.54, 1.807) is 7.05 Å². The summed E-state index contributed by atoms with van der Waals surface area (Å²) < 4.78 is 0. The van der Waals surface area contributed by atoms with Gasteiger partial charge in [0.05, 0.1) is 0 Å². The van der Waals surface area contributed by atoms with Gasteiger partial charge in [0.2, 0.25) is 5.91 Å². The Morgan fingerprint density at radius 3 is 2.73 bits per heavy atom. The largest absolute Gasteiger partial charge is 0.359 e. The van der Waals surface area contributed by atoms with E-state index < -0.39 is 0 Å². The first-order chi connectivity index (χ1) is 5.18. The van der Waals surface area contributed by atoms with Crippen molar-refractivity contribution in [3.8, 4) is 0 Å². The average molecular weight is 154 g/mol. The first kappa shape index (κ1) is 7.10. The molecule has 0 aromatic rings. The van der Waals surface area contributed by atoms with Crippen LogP contribution >= 0.6 is 0 Å². The van der Waals surface area contributed by atoms with Crippen LogP contribution < -0.4 is 5.32 Å². The number of carbonyl (C=O) groups is 1. The standard InChI is InChI=1S/C8H14N2O/c1-9-7(11)6-3-8(6)4-10(2)5-8/h6H,3-5H2,1-2H3,(H,9,11)/t6-/m1/s1. The first-order valence-corrected chi connectivity index (χ1v) is 4.08. The lowest BCUT2D eigenvalue weighted by Gasteiger charge is -2.37. The van der Waals surface area contributed by atoms with Crippen LogP contribution in [0.5, 0.6) is 0 Å². The van der Waals surface area contributed by atoms with Gasteiger partial charge < -0.3 is 10.2 Å². The lowest BCUT2D eigenvalue weighted by molar-refractivity contribution is -0.123. The summed E-state index contributed by atoms with van der Waals surface area (Å²) in [6, 6.07) is 0. The zero-order valence-electron chi connectivity index (χ0n) is 7.05. The summed E-state index contributed by atoms with van der Waals surface area (Å²) in [6.45, 7) is 2.23. The number of carbonyl (C=O) groups excluding carboxylic acids is 1. The molecule has 1 heterocycles. The van der Waals surface area contributed by atoms with Crippen LogP contribution in [0.15, 0.2) is 0 Å². The molecule has 1 spiro atoms. The van der Waals surface area contributed by atoms with Gasteiger partial charge >= 0.3 is 0 Å². The maximum absolute atomic E-state index is 11.2. The SMILES string of the molecule is CNC(=O)[C@H]1CC12CN(C)C2. The van der Waals surface area contributed by atoms with Gasteiger partial charge in [0, 0.05) is 31.5 Å². The highest BCUT2D eigenvalue weighted by atomic mass is 16.2. The normalized spacial score (nSPS) is 33.1. The van der Waals surface area contributed by atoms with Crippen LogP contribution in [0.2, 0.25) is 0 Å². The molecule has 1 saturated carbocycles. The zero-order chi connectivity index (χ0) is 8.06. The topological polar surface area (TPSA) is 32.3 Å². The Hall–Kier alpha value is -0.570. The van der Waals surface area contributed by atoms with Crippen LogP contribution in [0.25, 0.3) is 0 Å². The molecule has 0 unspecified atom stereocenters. The van der Waals surface area contributed by atoms with Crippen molar-refractivity contribution in [2.75, 3.05) is 27.2 Å². The molecule has 0 bridgehead atoms. The molecule has 0 radical (unpaired) electrons. The zero-order valence-corrected chi connectivity index (χ0v) is 7.05. The minimum atomic E-state index is 0.234. The highest BCUT2D eigenvalue weighted by molar-refractivity contribution is 5.82. The van der Waals surface area contributed by atoms with Crippen molar-refractivity contribution in [1.29, 1.82) is 0 Å². The Bertz CT molecular complexity index is 196. The summed E-state index contributed by atoms with van der Waals surface area (Å²) >= 11 is 0. The van der Waals surface area contributed by atoms with Gasteiger partial charge in [0.15, 0.2) is 0 Å². The molecule has 0 aromatic heterocycles. The van der Waals surface area contributed by atoms with E-state index in [9.17, 15) is 4.79 Å². The first-order valence-electron chi connectivity index (χ1n) is 4.08. The molecule has 1 aliphatic heterocycles. The van der Waals surface area contributed by atoms with Crippen molar-refractivity contribution in [3.05, 3.63) is 0 Å². The predicted octanol–water partition coefficient (Wildman–Crippen LogP) is -0.316. The highest BCUT2D eigenvalue weighted by Gasteiger charge is 2.63. The van der Waals surface area contributed by atoms with Gasteiger partial charge in [0.25, 0.3) is 0 Å². The molecule has 0 aromatic carbocycles. The third kappa shape index (κ3) is 0.872. The summed E-state index contributed by atoms with van der Waals surface area (Å²) in [5, 5.41) is 2.71. The average Bonchev–Trinajstić information content (AvgIpc) is 2.61. The van der Waals surface area contributed by atoms with Crippen molar-refractivity contribution in [1.82, 2.24) is 10.2 Å². The molecule has 3 heteroatoms. The van der Waals surface area contributed by atoms with E-state index in [0.717, 1.165) is 19.5 Å². The Balaban J connectivity index is 1.91. The van der Waals surface area contributed by atoms with Gasteiger partial charge in [-0.25, -0.2) is 0 Å². The smallest absolute Gasteiger partial charge is 0.223 e. The number of hydrogen-bond acceptors (Lipinski definition) is 2. The number of amides is 1. The van der Waals surface area contributed by atoms with Crippen LogP contribution in [0.3, 0.4) is 0 Å².